The minimum absolute atomic E-state index is 0.0394. The summed E-state index contributed by atoms with van der Waals surface area (Å²) >= 11 is 1.74. The standard InChI is InChI=1S/C33H41N3O4S/c1-24(2)25-6-12-28(13-7-25)40-23-30-29-15-21-41-31(29)14-18-36(30)32(37)22-35(20-19-34-16-4-5-17-34)33(38)26-8-10-27(39-3)11-9-26/h6-13,15,21,24,30H,4-5,14,16-20,22-23H2,1-3H3. The van der Waals surface area contributed by atoms with Crippen LogP contribution in [-0.4, -0.2) is 79.5 Å². The van der Waals surface area contributed by atoms with Crippen LogP contribution >= 0.6 is 11.3 Å². The highest BCUT2D eigenvalue weighted by Crippen LogP contribution is 2.34. The van der Waals surface area contributed by atoms with Gasteiger partial charge >= 0.3 is 0 Å². The number of carbonyl (C=O) groups is 2. The minimum Gasteiger partial charge on any atom is -0.497 e. The number of amides is 2. The Kier molecular flexibility index (Phi) is 9.62. The van der Waals surface area contributed by atoms with Crippen molar-refractivity contribution in [3.63, 3.8) is 0 Å². The lowest BCUT2D eigenvalue weighted by molar-refractivity contribution is -0.135. The van der Waals surface area contributed by atoms with Gasteiger partial charge in [-0.15, -0.1) is 11.3 Å². The predicted molar refractivity (Wildman–Crippen MR) is 163 cm³/mol. The van der Waals surface area contributed by atoms with E-state index in [0.29, 0.717) is 36.9 Å². The number of nitrogens with zero attached hydrogens (tertiary/aromatic N) is 3. The Morgan fingerprint density at radius 3 is 2.37 bits per heavy atom. The van der Waals surface area contributed by atoms with E-state index in [1.807, 2.05) is 17.0 Å². The highest BCUT2D eigenvalue weighted by atomic mass is 32.1. The number of benzene rings is 2. The van der Waals surface area contributed by atoms with Crippen molar-refractivity contribution in [1.29, 1.82) is 0 Å². The average molecular weight is 576 g/mol. The van der Waals surface area contributed by atoms with Crippen LogP contribution in [0.3, 0.4) is 0 Å². The Bertz CT molecular complexity index is 1300. The van der Waals surface area contributed by atoms with E-state index in [9.17, 15) is 9.59 Å². The summed E-state index contributed by atoms with van der Waals surface area (Å²) in [6.07, 6.45) is 3.19. The van der Waals surface area contributed by atoms with Gasteiger partial charge in [-0.3, -0.25) is 9.59 Å². The second kappa shape index (κ2) is 13.5. The quantitative estimate of drug-likeness (QED) is 0.297. The Morgan fingerprint density at radius 2 is 1.68 bits per heavy atom. The van der Waals surface area contributed by atoms with Crippen molar-refractivity contribution in [2.75, 3.05) is 53.0 Å². The molecule has 41 heavy (non-hydrogen) atoms. The molecule has 1 saturated heterocycles. The van der Waals surface area contributed by atoms with Crippen LogP contribution in [0.15, 0.2) is 60.0 Å². The fourth-order valence-electron chi connectivity index (χ4n) is 5.69. The third kappa shape index (κ3) is 7.11. The molecule has 2 amide bonds. The van der Waals surface area contributed by atoms with Crippen LogP contribution in [0.5, 0.6) is 11.5 Å². The minimum atomic E-state index is -0.196. The molecule has 8 heteroatoms. The average Bonchev–Trinajstić information content (AvgIpc) is 3.70. The van der Waals surface area contributed by atoms with E-state index in [0.717, 1.165) is 37.4 Å². The van der Waals surface area contributed by atoms with Crippen LogP contribution in [0.25, 0.3) is 0 Å². The van der Waals surface area contributed by atoms with Gasteiger partial charge in [-0.05, 0) is 97.2 Å². The maximum atomic E-state index is 14.0. The highest BCUT2D eigenvalue weighted by Gasteiger charge is 2.34. The molecule has 1 unspecified atom stereocenters. The van der Waals surface area contributed by atoms with Gasteiger partial charge in [-0.2, -0.15) is 0 Å². The summed E-state index contributed by atoms with van der Waals surface area (Å²) in [7, 11) is 1.61. The van der Waals surface area contributed by atoms with E-state index in [1.165, 1.54) is 23.3 Å². The largest absolute Gasteiger partial charge is 0.497 e. The number of hydrogen-bond donors (Lipinski definition) is 0. The molecule has 218 valence electrons. The molecule has 2 aliphatic heterocycles. The van der Waals surface area contributed by atoms with E-state index >= 15 is 0 Å². The molecule has 0 radical (unpaired) electrons. The van der Waals surface area contributed by atoms with E-state index in [-0.39, 0.29) is 24.4 Å². The fourth-order valence-corrected chi connectivity index (χ4v) is 6.62. The van der Waals surface area contributed by atoms with Crippen molar-refractivity contribution in [2.24, 2.45) is 0 Å². The summed E-state index contributed by atoms with van der Waals surface area (Å²) in [5.74, 6) is 1.77. The number of thiophene rings is 1. The molecule has 0 saturated carbocycles. The van der Waals surface area contributed by atoms with Crippen LogP contribution in [0.4, 0.5) is 0 Å². The van der Waals surface area contributed by atoms with Crippen LogP contribution < -0.4 is 9.47 Å². The first-order valence-corrected chi connectivity index (χ1v) is 15.5. The Balaban J connectivity index is 1.32. The molecule has 1 fully saturated rings. The van der Waals surface area contributed by atoms with Crippen molar-refractivity contribution in [2.45, 2.75) is 45.1 Å². The molecule has 0 spiro atoms. The smallest absolute Gasteiger partial charge is 0.254 e. The first-order chi connectivity index (χ1) is 19.9. The highest BCUT2D eigenvalue weighted by molar-refractivity contribution is 7.10. The summed E-state index contributed by atoms with van der Waals surface area (Å²) in [6.45, 7) is 8.74. The summed E-state index contributed by atoms with van der Waals surface area (Å²) in [5, 5.41) is 2.10. The zero-order valence-electron chi connectivity index (χ0n) is 24.4. The van der Waals surface area contributed by atoms with Gasteiger partial charge in [0.25, 0.3) is 5.91 Å². The Hall–Kier alpha value is -3.36. The molecule has 3 aromatic rings. The lowest BCUT2D eigenvalue weighted by Gasteiger charge is -2.37. The zero-order valence-corrected chi connectivity index (χ0v) is 25.2. The van der Waals surface area contributed by atoms with E-state index in [2.05, 4.69) is 42.3 Å². The normalized spacial score (nSPS) is 17.0. The molecule has 1 aromatic heterocycles. The number of carbonyl (C=O) groups excluding carboxylic acids is 2. The number of rotatable bonds is 11. The van der Waals surface area contributed by atoms with Crippen molar-refractivity contribution in [3.8, 4) is 11.5 Å². The first kappa shape index (κ1) is 29.1. The van der Waals surface area contributed by atoms with Crippen LogP contribution in [0.1, 0.15) is 65.0 Å². The zero-order chi connectivity index (χ0) is 28.8. The molecule has 0 bridgehead atoms. The fraction of sp³-hybridized carbons (Fsp3) is 0.455. The van der Waals surface area contributed by atoms with Crippen molar-refractivity contribution < 1.29 is 19.1 Å². The molecule has 3 heterocycles. The topological polar surface area (TPSA) is 62.3 Å². The number of fused-ring (bicyclic) bond motifs is 1. The molecule has 0 aliphatic carbocycles. The summed E-state index contributed by atoms with van der Waals surface area (Å²) in [6, 6.07) is 17.3. The Morgan fingerprint density at radius 1 is 0.976 bits per heavy atom. The molecular formula is C33H41N3O4S. The third-order valence-electron chi connectivity index (χ3n) is 8.20. The summed E-state index contributed by atoms with van der Waals surface area (Å²) < 4.78 is 11.5. The molecule has 2 aliphatic rings. The molecular weight excluding hydrogens is 534 g/mol. The van der Waals surface area contributed by atoms with E-state index < -0.39 is 0 Å². The van der Waals surface area contributed by atoms with Crippen molar-refractivity contribution in [1.82, 2.24) is 14.7 Å². The van der Waals surface area contributed by atoms with Gasteiger partial charge in [0.15, 0.2) is 0 Å². The number of likely N-dealkylation sites (tertiary alicyclic amines) is 1. The number of hydrogen-bond acceptors (Lipinski definition) is 6. The number of ether oxygens (including phenoxy) is 2. The lowest BCUT2D eigenvalue weighted by Crippen LogP contribution is -2.49. The Labute approximate surface area is 247 Å². The first-order valence-electron chi connectivity index (χ1n) is 14.7. The van der Waals surface area contributed by atoms with Gasteiger partial charge in [0, 0.05) is 30.1 Å². The summed E-state index contributed by atoms with van der Waals surface area (Å²) in [4.78, 5) is 34.9. The van der Waals surface area contributed by atoms with Crippen LogP contribution in [-0.2, 0) is 11.2 Å². The van der Waals surface area contributed by atoms with Gasteiger partial charge in [-0.25, -0.2) is 0 Å². The van der Waals surface area contributed by atoms with Gasteiger partial charge in [0.1, 0.15) is 24.7 Å². The molecule has 2 aromatic carbocycles. The van der Waals surface area contributed by atoms with Crippen molar-refractivity contribution in [3.05, 3.63) is 81.5 Å². The maximum Gasteiger partial charge on any atom is 0.254 e. The van der Waals surface area contributed by atoms with Gasteiger partial charge in [0.2, 0.25) is 5.91 Å². The van der Waals surface area contributed by atoms with Gasteiger partial charge in [0.05, 0.1) is 13.2 Å². The lowest BCUT2D eigenvalue weighted by atomic mass is 10.00. The number of methoxy groups -OCH3 is 1. The molecule has 7 nitrogen and oxygen atoms in total. The molecule has 1 atom stereocenters. The second-order valence-corrected chi connectivity index (χ2v) is 12.2. The third-order valence-corrected chi connectivity index (χ3v) is 9.20. The monoisotopic (exact) mass is 575 g/mol. The molecule has 5 rings (SSSR count). The van der Waals surface area contributed by atoms with Gasteiger partial charge in [-0.1, -0.05) is 26.0 Å². The molecule has 0 N–H and O–H groups in total. The predicted octanol–water partition coefficient (Wildman–Crippen LogP) is 5.62. The van der Waals surface area contributed by atoms with Crippen molar-refractivity contribution >= 4 is 23.2 Å². The van der Waals surface area contributed by atoms with E-state index in [4.69, 9.17) is 9.47 Å². The van der Waals surface area contributed by atoms with Crippen LogP contribution in [0.2, 0.25) is 0 Å². The second-order valence-electron chi connectivity index (χ2n) is 11.2. The SMILES string of the molecule is COc1ccc(C(=O)N(CCN2CCCC2)CC(=O)N2CCc3sccc3C2COc2ccc(C(C)C)cc2)cc1. The van der Waals surface area contributed by atoms with E-state index in [1.54, 1.807) is 47.6 Å². The maximum absolute atomic E-state index is 14.0. The van der Waals surface area contributed by atoms with Gasteiger partial charge < -0.3 is 24.2 Å². The van der Waals surface area contributed by atoms with Crippen LogP contribution in [0, 0.1) is 0 Å². The summed E-state index contributed by atoms with van der Waals surface area (Å²) in [5.41, 5.74) is 2.98.